The summed E-state index contributed by atoms with van der Waals surface area (Å²) in [5.41, 5.74) is 1.23. The number of anilines is 3. The second-order valence-corrected chi connectivity index (χ2v) is 9.58. The van der Waals surface area contributed by atoms with Crippen molar-refractivity contribution in [1.29, 1.82) is 0 Å². The lowest BCUT2D eigenvalue weighted by Crippen LogP contribution is -2.49. The maximum Gasteiger partial charge on any atom is 0.246 e. The summed E-state index contributed by atoms with van der Waals surface area (Å²) in [5.74, 6) is 2.75. The van der Waals surface area contributed by atoms with Gasteiger partial charge in [-0.25, -0.2) is 23.4 Å². The molecule has 1 fully saturated rings. The fourth-order valence-electron chi connectivity index (χ4n) is 3.99. The molecule has 0 saturated carbocycles. The zero-order valence-electron chi connectivity index (χ0n) is 18.8. The van der Waals surface area contributed by atoms with Gasteiger partial charge in [-0.3, -0.25) is 4.68 Å². The highest BCUT2D eigenvalue weighted by molar-refractivity contribution is 7.89. The van der Waals surface area contributed by atoms with Crippen LogP contribution in [-0.4, -0.2) is 63.6 Å². The van der Waals surface area contributed by atoms with Crippen LogP contribution in [0.4, 0.5) is 17.5 Å². The van der Waals surface area contributed by atoms with Crippen LogP contribution in [0.2, 0.25) is 0 Å². The van der Waals surface area contributed by atoms with Crippen LogP contribution in [0.15, 0.2) is 35.4 Å². The van der Waals surface area contributed by atoms with E-state index in [4.69, 9.17) is 0 Å². The van der Waals surface area contributed by atoms with Crippen molar-refractivity contribution in [3.05, 3.63) is 47.7 Å². The SMILES string of the molecule is CCn1nc(C)c(S(=O)(=O)N2CCN(c3cc(Nc4ccccn4)nc(C)n3)CC2)c1C. The Hall–Kier alpha value is -3.05. The third-order valence-corrected chi connectivity index (χ3v) is 7.67. The van der Waals surface area contributed by atoms with Gasteiger partial charge in [-0.05, 0) is 39.8 Å². The Labute approximate surface area is 188 Å². The van der Waals surface area contributed by atoms with E-state index in [1.165, 1.54) is 0 Å². The maximum absolute atomic E-state index is 13.3. The maximum atomic E-state index is 13.3. The highest BCUT2D eigenvalue weighted by Gasteiger charge is 2.33. The smallest absolute Gasteiger partial charge is 0.246 e. The molecule has 0 aromatic carbocycles. The molecular formula is C21H28N8O2S. The fourth-order valence-corrected chi connectivity index (χ4v) is 5.79. The number of nitrogens with one attached hydrogen (secondary N) is 1. The van der Waals surface area contributed by atoms with E-state index in [1.54, 1.807) is 22.1 Å². The molecule has 1 aliphatic heterocycles. The standard InChI is InChI=1S/C21H28N8O2S/c1-5-29-16(3)21(15(2)26-29)32(30,31)28-12-10-27(11-13-28)20-14-19(23-17(4)24-20)25-18-8-6-7-9-22-18/h6-9,14H,5,10-13H2,1-4H3,(H,22,23,24,25). The van der Waals surface area contributed by atoms with Gasteiger partial charge in [0, 0.05) is 45.0 Å². The molecule has 170 valence electrons. The lowest BCUT2D eigenvalue weighted by molar-refractivity contribution is 0.383. The summed E-state index contributed by atoms with van der Waals surface area (Å²) >= 11 is 0. The molecule has 11 heteroatoms. The number of hydrogen-bond donors (Lipinski definition) is 1. The Kier molecular flexibility index (Phi) is 6.11. The first kappa shape index (κ1) is 22.2. The molecule has 1 saturated heterocycles. The molecule has 3 aromatic rings. The number of aromatic nitrogens is 5. The summed E-state index contributed by atoms with van der Waals surface area (Å²) in [6.07, 6.45) is 1.71. The van der Waals surface area contributed by atoms with Crippen molar-refractivity contribution in [3.63, 3.8) is 0 Å². The molecule has 0 unspecified atom stereocenters. The van der Waals surface area contributed by atoms with E-state index in [0.717, 1.165) is 5.82 Å². The van der Waals surface area contributed by atoms with Gasteiger partial charge in [0.2, 0.25) is 10.0 Å². The van der Waals surface area contributed by atoms with Crippen LogP contribution >= 0.6 is 0 Å². The minimum Gasteiger partial charge on any atom is -0.354 e. The largest absolute Gasteiger partial charge is 0.354 e. The molecule has 32 heavy (non-hydrogen) atoms. The van der Waals surface area contributed by atoms with Crippen LogP contribution in [0.1, 0.15) is 24.1 Å². The van der Waals surface area contributed by atoms with E-state index in [1.807, 2.05) is 45.0 Å². The molecule has 10 nitrogen and oxygen atoms in total. The van der Waals surface area contributed by atoms with Crippen LogP contribution in [0.5, 0.6) is 0 Å². The van der Waals surface area contributed by atoms with Gasteiger partial charge in [-0.15, -0.1) is 0 Å². The Morgan fingerprint density at radius 3 is 2.41 bits per heavy atom. The normalized spacial score (nSPS) is 15.2. The summed E-state index contributed by atoms with van der Waals surface area (Å²) < 4.78 is 29.9. The zero-order chi connectivity index (χ0) is 22.9. The van der Waals surface area contributed by atoms with E-state index >= 15 is 0 Å². The second kappa shape index (κ2) is 8.83. The minimum atomic E-state index is -3.61. The molecule has 0 aliphatic carbocycles. The highest BCUT2D eigenvalue weighted by Crippen LogP contribution is 2.26. The number of pyridine rings is 1. The molecule has 0 radical (unpaired) electrons. The Bertz CT molecular complexity index is 1200. The molecule has 0 spiro atoms. The lowest BCUT2D eigenvalue weighted by Gasteiger charge is -2.34. The Morgan fingerprint density at radius 2 is 1.78 bits per heavy atom. The van der Waals surface area contributed by atoms with Crippen LogP contribution < -0.4 is 10.2 Å². The average Bonchev–Trinajstić information content (AvgIpc) is 3.08. The number of piperazine rings is 1. The predicted octanol–water partition coefficient (Wildman–Crippen LogP) is 2.27. The summed E-state index contributed by atoms with van der Waals surface area (Å²) in [4.78, 5) is 15.7. The van der Waals surface area contributed by atoms with Crippen molar-refractivity contribution >= 4 is 27.5 Å². The fraction of sp³-hybridized carbons (Fsp3) is 0.429. The average molecular weight is 457 g/mol. The van der Waals surface area contributed by atoms with E-state index in [-0.39, 0.29) is 0 Å². The first-order valence-corrected chi connectivity index (χ1v) is 12.1. The second-order valence-electron chi connectivity index (χ2n) is 7.71. The molecule has 1 N–H and O–H groups in total. The summed E-state index contributed by atoms with van der Waals surface area (Å²) in [7, 11) is -3.61. The molecule has 4 heterocycles. The Balaban J connectivity index is 1.50. The van der Waals surface area contributed by atoms with Crippen molar-refractivity contribution < 1.29 is 8.42 Å². The van der Waals surface area contributed by atoms with Gasteiger partial charge in [-0.1, -0.05) is 6.07 Å². The van der Waals surface area contributed by atoms with Crippen molar-refractivity contribution in [3.8, 4) is 0 Å². The molecule has 4 rings (SSSR count). The van der Waals surface area contributed by atoms with E-state index < -0.39 is 10.0 Å². The Morgan fingerprint density at radius 1 is 1.03 bits per heavy atom. The first-order chi connectivity index (χ1) is 15.3. The monoisotopic (exact) mass is 456 g/mol. The van der Waals surface area contributed by atoms with Crippen molar-refractivity contribution in [1.82, 2.24) is 29.0 Å². The number of rotatable bonds is 6. The first-order valence-electron chi connectivity index (χ1n) is 10.6. The summed E-state index contributed by atoms with van der Waals surface area (Å²) in [6, 6.07) is 7.49. The van der Waals surface area contributed by atoms with Gasteiger partial charge < -0.3 is 10.2 Å². The predicted molar refractivity (Wildman–Crippen MR) is 123 cm³/mol. The van der Waals surface area contributed by atoms with Gasteiger partial charge in [0.15, 0.2) is 0 Å². The van der Waals surface area contributed by atoms with Gasteiger partial charge >= 0.3 is 0 Å². The zero-order valence-corrected chi connectivity index (χ0v) is 19.6. The van der Waals surface area contributed by atoms with Crippen molar-refractivity contribution in [2.75, 3.05) is 36.4 Å². The number of hydrogen-bond acceptors (Lipinski definition) is 8. The molecule has 1 aliphatic rings. The van der Waals surface area contributed by atoms with Crippen LogP contribution in [0.25, 0.3) is 0 Å². The third-order valence-electron chi connectivity index (χ3n) is 5.52. The topological polar surface area (TPSA) is 109 Å². The third kappa shape index (κ3) is 4.30. The van der Waals surface area contributed by atoms with Crippen molar-refractivity contribution in [2.45, 2.75) is 39.1 Å². The summed E-state index contributed by atoms with van der Waals surface area (Å²) in [5, 5.41) is 7.57. The van der Waals surface area contributed by atoms with Crippen LogP contribution in [-0.2, 0) is 16.6 Å². The van der Waals surface area contributed by atoms with Gasteiger partial charge in [0.1, 0.15) is 28.2 Å². The van der Waals surface area contributed by atoms with Crippen molar-refractivity contribution in [2.24, 2.45) is 0 Å². The number of aryl methyl sites for hydroxylation is 3. The van der Waals surface area contributed by atoms with E-state index in [2.05, 4.69) is 30.3 Å². The molecular weight excluding hydrogens is 428 g/mol. The number of sulfonamides is 1. The van der Waals surface area contributed by atoms with Crippen LogP contribution in [0, 0.1) is 20.8 Å². The number of nitrogens with zero attached hydrogens (tertiary/aromatic N) is 7. The quantitative estimate of drug-likeness (QED) is 0.602. The summed E-state index contributed by atoms with van der Waals surface area (Å²) in [6.45, 7) is 9.83. The lowest BCUT2D eigenvalue weighted by atomic mass is 10.3. The van der Waals surface area contributed by atoms with Gasteiger partial charge in [0.25, 0.3) is 0 Å². The molecule has 3 aromatic heterocycles. The van der Waals surface area contributed by atoms with Gasteiger partial charge in [-0.2, -0.15) is 9.40 Å². The minimum absolute atomic E-state index is 0.326. The van der Waals surface area contributed by atoms with E-state index in [0.29, 0.717) is 66.5 Å². The van der Waals surface area contributed by atoms with Crippen LogP contribution in [0.3, 0.4) is 0 Å². The van der Waals surface area contributed by atoms with Gasteiger partial charge in [0.05, 0.1) is 11.4 Å². The molecule has 0 atom stereocenters. The van der Waals surface area contributed by atoms with E-state index in [9.17, 15) is 8.42 Å². The highest BCUT2D eigenvalue weighted by atomic mass is 32.2. The molecule has 0 bridgehead atoms. The molecule has 0 amide bonds.